The molecule has 1 aliphatic rings. The molecule has 7 heteroatoms. The van der Waals surface area contributed by atoms with Crippen molar-refractivity contribution in [1.82, 2.24) is 19.7 Å². The molecule has 4 rings (SSSR count). The van der Waals surface area contributed by atoms with E-state index in [1.165, 1.54) is 4.68 Å². The number of nitrogens with one attached hydrogen (secondary N) is 2. The molecule has 0 fully saturated rings. The molecule has 1 aromatic carbocycles. The first kappa shape index (κ1) is 16.3. The van der Waals surface area contributed by atoms with Crippen molar-refractivity contribution in [2.75, 3.05) is 5.32 Å². The number of carbonyl (C=O) groups is 1. The number of carbonyl (C=O) groups excluding carboxylic acids is 1. The quantitative estimate of drug-likeness (QED) is 0.759. The molecule has 0 atom stereocenters. The van der Waals surface area contributed by atoms with E-state index in [0.717, 1.165) is 36.9 Å². The minimum absolute atomic E-state index is 0.127. The van der Waals surface area contributed by atoms with E-state index in [4.69, 9.17) is 0 Å². The van der Waals surface area contributed by atoms with Crippen LogP contribution in [0.1, 0.15) is 40.2 Å². The summed E-state index contributed by atoms with van der Waals surface area (Å²) in [5.74, 6) is 0.550. The Bertz CT molecular complexity index is 1020. The zero-order chi connectivity index (χ0) is 18.1. The monoisotopic (exact) mass is 349 g/mol. The predicted molar refractivity (Wildman–Crippen MR) is 97.8 cm³/mol. The van der Waals surface area contributed by atoms with Crippen molar-refractivity contribution in [3.8, 4) is 5.95 Å². The number of hydrogen-bond acceptors (Lipinski definition) is 4. The molecule has 1 amide bonds. The van der Waals surface area contributed by atoms with E-state index < -0.39 is 0 Å². The molecular weight excluding hydrogens is 330 g/mol. The van der Waals surface area contributed by atoms with Crippen molar-refractivity contribution in [3.05, 3.63) is 69.3 Å². The number of hydrogen-bond donors (Lipinski definition) is 2. The highest BCUT2D eigenvalue weighted by atomic mass is 16.1. The smallest absolute Gasteiger partial charge is 0.256 e. The van der Waals surface area contributed by atoms with Crippen LogP contribution in [0, 0.1) is 6.92 Å². The number of aromatic amines is 1. The van der Waals surface area contributed by atoms with Gasteiger partial charge in [-0.25, -0.2) is 4.98 Å². The number of H-pyrrole nitrogens is 1. The zero-order valence-electron chi connectivity index (χ0n) is 14.5. The van der Waals surface area contributed by atoms with Crippen LogP contribution >= 0.6 is 0 Å². The second-order valence-electron chi connectivity index (χ2n) is 6.42. The van der Waals surface area contributed by atoms with E-state index in [1.807, 2.05) is 13.0 Å². The van der Waals surface area contributed by atoms with Crippen LogP contribution < -0.4 is 10.9 Å². The Kier molecular flexibility index (Phi) is 4.12. The SMILES string of the molecule is Cc1cc(NC(=O)c2ccccc2)n(-c2nc3c(c(=O)[nH]2)CCCC3)n1. The molecular formula is C19H19N5O2. The fourth-order valence-electron chi connectivity index (χ4n) is 3.22. The highest BCUT2D eigenvalue weighted by molar-refractivity contribution is 6.03. The van der Waals surface area contributed by atoms with E-state index in [9.17, 15) is 9.59 Å². The van der Waals surface area contributed by atoms with Crippen LogP contribution in [0.25, 0.3) is 5.95 Å². The Labute approximate surface area is 150 Å². The molecule has 132 valence electrons. The lowest BCUT2D eigenvalue weighted by atomic mass is 9.97. The minimum atomic E-state index is -0.243. The maximum absolute atomic E-state index is 12.5. The Hall–Kier alpha value is -3.22. The molecule has 0 radical (unpaired) electrons. The van der Waals surface area contributed by atoms with E-state index in [2.05, 4.69) is 20.4 Å². The largest absolute Gasteiger partial charge is 0.306 e. The first-order valence-electron chi connectivity index (χ1n) is 8.67. The number of amides is 1. The molecule has 0 unspecified atom stereocenters. The molecule has 0 saturated heterocycles. The molecule has 0 aliphatic heterocycles. The summed E-state index contributed by atoms with van der Waals surface area (Å²) in [6.45, 7) is 1.82. The van der Waals surface area contributed by atoms with Crippen LogP contribution in [0.2, 0.25) is 0 Å². The van der Waals surface area contributed by atoms with E-state index in [1.54, 1.807) is 30.3 Å². The summed E-state index contributed by atoms with van der Waals surface area (Å²) in [6.07, 6.45) is 3.58. The molecule has 3 aromatic rings. The standard InChI is InChI=1S/C19H19N5O2/c1-12-11-16(21-17(25)13-7-3-2-4-8-13)24(23-12)19-20-15-10-6-5-9-14(15)18(26)22-19/h2-4,7-8,11H,5-6,9-10H2,1H3,(H,21,25)(H,20,22,26). The molecule has 2 heterocycles. The van der Waals surface area contributed by atoms with Crippen LogP contribution in [-0.2, 0) is 12.8 Å². The van der Waals surface area contributed by atoms with Crippen LogP contribution in [0.15, 0.2) is 41.2 Å². The van der Waals surface area contributed by atoms with Gasteiger partial charge >= 0.3 is 0 Å². The van der Waals surface area contributed by atoms with Gasteiger partial charge in [0.25, 0.3) is 11.5 Å². The number of rotatable bonds is 3. The Balaban J connectivity index is 1.71. The summed E-state index contributed by atoms with van der Waals surface area (Å²) in [4.78, 5) is 32.3. The molecule has 0 bridgehead atoms. The van der Waals surface area contributed by atoms with Crippen molar-refractivity contribution in [2.24, 2.45) is 0 Å². The summed E-state index contributed by atoms with van der Waals surface area (Å²) in [7, 11) is 0. The summed E-state index contributed by atoms with van der Waals surface area (Å²) in [5.41, 5.74) is 2.72. The highest BCUT2D eigenvalue weighted by Crippen LogP contribution is 2.19. The van der Waals surface area contributed by atoms with E-state index in [-0.39, 0.29) is 11.5 Å². The maximum Gasteiger partial charge on any atom is 0.256 e. The van der Waals surface area contributed by atoms with Crippen LogP contribution in [0.5, 0.6) is 0 Å². The fourth-order valence-corrected chi connectivity index (χ4v) is 3.22. The molecule has 0 spiro atoms. The average molecular weight is 349 g/mol. The number of aromatic nitrogens is 4. The van der Waals surface area contributed by atoms with Crippen LogP contribution in [-0.4, -0.2) is 25.7 Å². The summed E-state index contributed by atoms with van der Waals surface area (Å²) >= 11 is 0. The molecule has 1 aliphatic carbocycles. The highest BCUT2D eigenvalue weighted by Gasteiger charge is 2.19. The Morgan fingerprint density at radius 1 is 1.19 bits per heavy atom. The van der Waals surface area contributed by atoms with Crippen molar-refractivity contribution >= 4 is 11.7 Å². The Morgan fingerprint density at radius 2 is 1.96 bits per heavy atom. The second-order valence-corrected chi connectivity index (χ2v) is 6.42. The summed E-state index contributed by atoms with van der Waals surface area (Å²) in [6, 6.07) is 10.7. The van der Waals surface area contributed by atoms with E-state index in [0.29, 0.717) is 23.0 Å². The third-order valence-corrected chi connectivity index (χ3v) is 4.49. The average Bonchev–Trinajstić information content (AvgIpc) is 3.02. The number of benzene rings is 1. The molecule has 26 heavy (non-hydrogen) atoms. The maximum atomic E-state index is 12.5. The molecule has 0 saturated carbocycles. The van der Waals surface area contributed by atoms with Gasteiger partial charge in [0.05, 0.1) is 11.4 Å². The molecule has 7 nitrogen and oxygen atoms in total. The van der Waals surface area contributed by atoms with Gasteiger partial charge < -0.3 is 5.32 Å². The van der Waals surface area contributed by atoms with Gasteiger partial charge in [0.1, 0.15) is 5.82 Å². The van der Waals surface area contributed by atoms with E-state index >= 15 is 0 Å². The summed E-state index contributed by atoms with van der Waals surface area (Å²) < 4.78 is 1.48. The van der Waals surface area contributed by atoms with Crippen molar-refractivity contribution in [3.63, 3.8) is 0 Å². The van der Waals surface area contributed by atoms with Gasteiger partial charge in [0, 0.05) is 17.2 Å². The van der Waals surface area contributed by atoms with Gasteiger partial charge in [0.2, 0.25) is 5.95 Å². The van der Waals surface area contributed by atoms with Crippen LogP contribution in [0.3, 0.4) is 0 Å². The number of aryl methyl sites for hydroxylation is 2. The summed E-state index contributed by atoms with van der Waals surface area (Å²) in [5, 5.41) is 7.23. The lowest BCUT2D eigenvalue weighted by Crippen LogP contribution is -2.24. The van der Waals surface area contributed by atoms with Crippen molar-refractivity contribution < 1.29 is 4.79 Å². The topological polar surface area (TPSA) is 92.7 Å². The lowest BCUT2D eigenvalue weighted by molar-refractivity contribution is 0.102. The number of nitrogens with zero attached hydrogens (tertiary/aromatic N) is 3. The normalized spacial score (nSPS) is 13.3. The van der Waals surface area contributed by atoms with Gasteiger partial charge in [-0.2, -0.15) is 9.78 Å². The Morgan fingerprint density at radius 3 is 2.77 bits per heavy atom. The first-order valence-corrected chi connectivity index (χ1v) is 8.67. The third kappa shape index (κ3) is 3.03. The predicted octanol–water partition coefficient (Wildman–Crippen LogP) is 2.40. The number of anilines is 1. The lowest BCUT2D eigenvalue weighted by Gasteiger charge is -2.15. The third-order valence-electron chi connectivity index (χ3n) is 4.49. The zero-order valence-corrected chi connectivity index (χ0v) is 14.5. The van der Waals surface area contributed by atoms with Crippen molar-refractivity contribution in [2.45, 2.75) is 32.6 Å². The van der Waals surface area contributed by atoms with Gasteiger partial charge in [-0.05, 0) is 44.7 Å². The van der Waals surface area contributed by atoms with Gasteiger partial charge in [-0.3, -0.25) is 14.6 Å². The number of fused-ring (bicyclic) bond motifs is 1. The van der Waals surface area contributed by atoms with Crippen molar-refractivity contribution in [1.29, 1.82) is 0 Å². The molecule has 2 aromatic heterocycles. The van der Waals surface area contributed by atoms with Crippen LogP contribution in [0.4, 0.5) is 5.82 Å². The first-order chi connectivity index (χ1) is 12.6. The molecule has 2 N–H and O–H groups in total. The van der Waals surface area contributed by atoms with Gasteiger partial charge in [0.15, 0.2) is 0 Å². The minimum Gasteiger partial charge on any atom is -0.306 e. The van der Waals surface area contributed by atoms with Gasteiger partial charge in [-0.15, -0.1) is 0 Å². The second kappa shape index (κ2) is 6.59. The fraction of sp³-hybridized carbons (Fsp3) is 0.263. The van der Waals surface area contributed by atoms with Gasteiger partial charge in [-0.1, -0.05) is 18.2 Å².